The number of pyridine rings is 1. The summed E-state index contributed by atoms with van der Waals surface area (Å²) >= 11 is 1.47. The molecule has 0 atom stereocenters. The molecule has 27 heavy (non-hydrogen) atoms. The van der Waals surface area contributed by atoms with E-state index in [1.165, 1.54) is 43.4 Å². The van der Waals surface area contributed by atoms with Gasteiger partial charge in [-0.25, -0.2) is 4.98 Å². The van der Waals surface area contributed by atoms with Gasteiger partial charge in [-0.3, -0.25) is 10.1 Å². The number of nitrogens with zero attached hydrogens (tertiary/aromatic N) is 4. The summed E-state index contributed by atoms with van der Waals surface area (Å²) in [6.07, 6.45) is 12.5. The highest BCUT2D eigenvalue weighted by molar-refractivity contribution is 7.15. The molecule has 1 N–H and O–H groups in total. The summed E-state index contributed by atoms with van der Waals surface area (Å²) in [4.78, 5) is 19.3. The van der Waals surface area contributed by atoms with Crippen molar-refractivity contribution in [1.82, 2.24) is 15.2 Å². The van der Waals surface area contributed by atoms with Gasteiger partial charge in [0.05, 0.1) is 5.56 Å². The minimum atomic E-state index is -0.160. The molecule has 1 aliphatic rings. The Morgan fingerprint density at radius 1 is 1.15 bits per heavy atom. The summed E-state index contributed by atoms with van der Waals surface area (Å²) in [6.45, 7) is 4.15. The van der Waals surface area contributed by atoms with Crippen LogP contribution in [0, 0.1) is 0 Å². The zero-order valence-corrected chi connectivity index (χ0v) is 16.9. The van der Waals surface area contributed by atoms with Crippen LogP contribution in [-0.2, 0) is 6.42 Å². The molecule has 0 aromatic carbocycles. The van der Waals surface area contributed by atoms with E-state index in [1.807, 2.05) is 6.07 Å². The summed E-state index contributed by atoms with van der Waals surface area (Å²) in [5.41, 5.74) is 0.604. The second-order valence-corrected chi connectivity index (χ2v) is 8.10. The van der Waals surface area contributed by atoms with Crippen molar-refractivity contribution in [3.05, 3.63) is 28.9 Å². The van der Waals surface area contributed by atoms with Crippen LogP contribution in [0.3, 0.4) is 0 Å². The second-order valence-electron chi connectivity index (χ2n) is 7.04. The molecular formula is C20H29N5OS. The fourth-order valence-electron chi connectivity index (χ4n) is 3.38. The van der Waals surface area contributed by atoms with E-state index in [9.17, 15) is 4.79 Å². The number of aromatic nitrogens is 3. The minimum absolute atomic E-state index is 0.160. The molecule has 1 fully saturated rings. The van der Waals surface area contributed by atoms with Gasteiger partial charge in [0.15, 0.2) is 0 Å². The number of rotatable bonds is 10. The van der Waals surface area contributed by atoms with Crippen molar-refractivity contribution in [2.45, 2.75) is 64.7 Å². The molecule has 0 radical (unpaired) electrons. The third-order valence-corrected chi connectivity index (χ3v) is 5.77. The average Bonchev–Trinajstić information content (AvgIpc) is 3.37. The Bertz CT molecular complexity index is 727. The number of amides is 1. The first-order chi connectivity index (χ1) is 13.3. The number of hydrogen-bond donors (Lipinski definition) is 1. The molecule has 1 amide bonds. The largest absolute Gasteiger partial charge is 0.356 e. The van der Waals surface area contributed by atoms with Gasteiger partial charge in [0.1, 0.15) is 10.8 Å². The first-order valence-corrected chi connectivity index (χ1v) is 10.9. The lowest BCUT2D eigenvalue weighted by molar-refractivity contribution is 0.102. The second kappa shape index (κ2) is 10.3. The van der Waals surface area contributed by atoms with Gasteiger partial charge in [-0.05, 0) is 31.4 Å². The van der Waals surface area contributed by atoms with Crippen molar-refractivity contribution < 1.29 is 4.79 Å². The summed E-state index contributed by atoms with van der Waals surface area (Å²) in [6, 6.07) is 3.63. The number of aryl methyl sites for hydroxylation is 1. The summed E-state index contributed by atoms with van der Waals surface area (Å²) < 4.78 is 0. The fourth-order valence-corrected chi connectivity index (χ4v) is 4.16. The maximum absolute atomic E-state index is 12.7. The molecule has 0 bridgehead atoms. The van der Waals surface area contributed by atoms with Crippen LogP contribution in [0.15, 0.2) is 18.3 Å². The average molecular weight is 388 g/mol. The number of anilines is 2. The molecule has 146 valence electrons. The Morgan fingerprint density at radius 2 is 1.93 bits per heavy atom. The molecule has 3 heterocycles. The van der Waals surface area contributed by atoms with Gasteiger partial charge in [0, 0.05) is 25.7 Å². The predicted molar refractivity (Wildman–Crippen MR) is 111 cm³/mol. The molecule has 3 rings (SSSR count). The van der Waals surface area contributed by atoms with Crippen LogP contribution in [0.1, 0.15) is 73.7 Å². The zero-order chi connectivity index (χ0) is 18.9. The highest BCUT2D eigenvalue weighted by atomic mass is 32.1. The van der Waals surface area contributed by atoms with Gasteiger partial charge in [0.2, 0.25) is 5.13 Å². The lowest BCUT2D eigenvalue weighted by Gasteiger charge is -2.18. The van der Waals surface area contributed by atoms with Crippen molar-refractivity contribution >= 4 is 28.2 Å². The van der Waals surface area contributed by atoms with E-state index in [2.05, 4.69) is 32.3 Å². The molecule has 7 heteroatoms. The first kappa shape index (κ1) is 19.7. The standard InChI is InChI=1S/C20H29N5OS/c1-2-3-4-5-6-7-12-17-23-24-20(27-17)22-19(26)16-11-10-13-21-18(16)25-14-8-9-15-25/h10-11,13H,2-9,12,14-15H2,1H3,(H,22,24,26). The number of hydrogen-bond acceptors (Lipinski definition) is 6. The van der Waals surface area contributed by atoms with Gasteiger partial charge < -0.3 is 4.90 Å². The molecule has 2 aromatic heterocycles. The Morgan fingerprint density at radius 3 is 2.74 bits per heavy atom. The lowest BCUT2D eigenvalue weighted by atomic mass is 10.1. The third kappa shape index (κ3) is 5.73. The van der Waals surface area contributed by atoms with Gasteiger partial charge in [-0.1, -0.05) is 50.4 Å². The molecule has 1 saturated heterocycles. The predicted octanol–water partition coefficient (Wildman–Crippen LogP) is 4.69. The number of carbonyl (C=O) groups excluding carboxylic acids is 1. The Balaban J connectivity index is 1.52. The van der Waals surface area contributed by atoms with Crippen LogP contribution in [0.2, 0.25) is 0 Å². The molecule has 0 aliphatic carbocycles. The third-order valence-electron chi connectivity index (χ3n) is 4.87. The van der Waals surface area contributed by atoms with E-state index in [0.29, 0.717) is 10.7 Å². The highest BCUT2D eigenvalue weighted by Crippen LogP contribution is 2.24. The Kier molecular flexibility index (Phi) is 7.56. The zero-order valence-electron chi connectivity index (χ0n) is 16.1. The molecular weight excluding hydrogens is 358 g/mol. The fraction of sp³-hybridized carbons (Fsp3) is 0.600. The Labute approximate surface area is 165 Å². The van der Waals surface area contributed by atoms with Crippen LogP contribution in [0.4, 0.5) is 10.9 Å². The number of carbonyl (C=O) groups is 1. The summed E-state index contributed by atoms with van der Waals surface area (Å²) in [7, 11) is 0. The molecule has 1 aliphatic heterocycles. The molecule has 0 unspecified atom stereocenters. The number of nitrogens with one attached hydrogen (secondary N) is 1. The highest BCUT2D eigenvalue weighted by Gasteiger charge is 2.21. The van der Waals surface area contributed by atoms with Crippen LogP contribution in [-0.4, -0.2) is 34.2 Å². The van der Waals surface area contributed by atoms with Crippen molar-refractivity contribution in [2.75, 3.05) is 23.3 Å². The van der Waals surface area contributed by atoms with Gasteiger partial charge in [-0.2, -0.15) is 0 Å². The van der Waals surface area contributed by atoms with Crippen molar-refractivity contribution in [2.24, 2.45) is 0 Å². The molecule has 0 saturated carbocycles. The van der Waals surface area contributed by atoms with Crippen LogP contribution < -0.4 is 10.2 Å². The van der Waals surface area contributed by atoms with E-state index < -0.39 is 0 Å². The lowest BCUT2D eigenvalue weighted by Crippen LogP contribution is -2.24. The van der Waals surface area contributed by atoms with Crippen LogP contribution in [0.25, 0.3) is 0 Å². The first-order valence-electron chi connectivity index (χ1n) is 10.1. The van der Waals surface area contributed by atoms with Gasteiger partial charge in [-0.15, -0.1) is 10.2 Å². The van der Waals surface area contributed by atoms with E-state index in [-0.39, 0.29) is 5.91 Å². The van der Waals surface area contributed by atoms with Crippen LogP contribution in [0.5, 0.6) is 0 Å². The summed E-state index contributed by atoms with van der Waals surface area (Å²) in [5, 5.41) is 12.8. The van der Waals surface area contributed by atoms with Gasteiger partial charge >= 0.3 is 0 Å². The summed E-state index contributed by atoms with van der Waals surface area (Å²) in [5.74, 6) is 0.608. The van der Waals surface area contributed by atoms with Crippen molar-refractivity contribution in [1.29, 1.82) is 0 Å². The maximum Gasteiger partial charge on any atom is 0.261 e. The minimum Gasteiger partial charge on any atom is -0.356 e. The quantitative estimate of drug-likeness (QED) is 0.599. The van der Waals surface area contributed by atoms with E-state index in [0.717, 1.165) is 49.6 Å². The van der Waals surface area contributed by atoms with E-state index >= 15 is 0 Å². The van der Waals surface area contributed by atoms with E-state index in [1.54, 1.807) is 12.3 Å². The topological polar surface area (TPSA) is 71.0 Å². The van der Waals surface area contributed by atoms with Gasteiger partial charge in [0.25, 0.3) is 5.91 Å². The van der Waals surface area contributed by atoms with E-state index in [4.69, 9.17) is 0 Å². The normalized spacial score (nSPS) is 13.9. The molecule has 2 aromatic rings. The Hall–Kier alpha value is -2.02. The van der Waals surface area contributed by atoms with Crippen molar-refractivity contribution in [3.63, 3.8) is 0 Å². The maximum atomic E-state index is 12.7. The number of unbranched alkanes of at least 4 members (excludes halogenated alkanes) is 5. The molecule has 0 spiro atoms. The molecule has 6 nitrogen and oxygen atoms in total. The monoisotopic (exact) mass is 387 g/mol. The SMILES string of the molecule is CCCCCCCCc1nnc(NC(=O)c2cccnc2N2CCCC2)s1. The van der Waals surface area contributed by atoms with Crippen molar-refractivity contribution in [3.8, 4) is 0 Å². The van der Waals surface area contributed by atoms with Crippen LogP contribution >= 0.6 is 11.3 Å². The smallest absolute Gasteiger partial charge is 0.261 e.